The number of phenols is 1. The second-order valence-corrected chi connectivity index (χ2v) is 11.2. The molecule has 4 aromatic carbocycles. The van der Waals surface area contributed by atoms with E-state index in [4.69, 9.17) is 4.74 Å². The largest absolute Gasteiger partial charge is 0.506 e. The maximum Gasteiger partial charge on any atom is 0.248 e. The van der Waals surface area contributed by atoms with E-state index in [1.54, 1.807) is 19.2 Å². The van der Waals surface area contributed by atoms with Gasteiger partial charge in [0.1, 0.15) is 11.5 Å². The molecule has 0 amide bonds. The van der Waals surface area contributed by atoms with Crippen molar-refractivity contribution >= 4 is 22.3 Å². The lowest BCUT2D eigenvalue weighted by molar-refractivity contribution is 0.176. The third-order valence-electron chi connectivity index (χ3n) is 7.59. The van der Waals surface area contributed by atoms with Gasteiger partial charge in [-0.3, -0.25) is 4.79 Å². The number of aliphatic hydroxyl groups is 1. The van der Waals surface area contributed by atoms with E-state index >= 15 is 0 Å². The van der Waals surface area contributed by atoms with Crippen molar-refractivity contribution in [3.05, 3.63) is 118 Å². The molecular weight excluding hydrogens is 552 g/mol. The topological polar surface area (TPSA) is 119 Å². The lowest BCUT2D eigenvalue weighted by atomic mass is 10.0. The zero-order chi connectivity index (χ0) is 31.1. The third kappa shape index (κ3) is 7.65. The number of hydrogen-bond donors (Lipinski definition) is 6. The van der Waals surface area contributed by atoms with Crippen LogP contribution in [0.1, 0.15) is 36.6 Å². The highest BCUT2D eigenvalue weighted by Crippen LogP contribution is 2.34. The van der Waals surface area contributed by atoms with Crippen molar-refractivity contribution in [3.8, 4) is 22.6 Å². The first-order chi connectivity index (χ1) is 21.3. The smallest absolute Gasteiger partial charge is 0.248 e. The summed E-state index contributed by atoms with van der Waals surface area (Å²) in [6.45, 7) is 6.13. The lowest BCUT2D eigenvalue weighted by Gasteiger charge is -2.15. The third-order valence-corrected chi connectivity index (χ3v) is 7.59. The van der Waals surface area contributed by atoms with Crippen molar-refractivity contribution in [2.24, 2.45) is 0 Å². The number of anilines is 2. The summed E-state index contributed by atoms with van der Waals surface area (Å²) in [7, 11) is 1.70. The van der Waals surface area contributed by atoms with Gasteiger partial charge in [0.25, 0.3) is 0 Å². The van der Waals surface area contributed by atoms with E-state index in [1.807, 2.05) is 12.1 Å². The minimum atomic E-state index is -0.788. The van der Waals surface area contributed by atoms with Gasteiger partial charge in [0, 0.05) is 47.5 Å². The van der Waals surface area contributed by atoms with Crippen molar-refractivity contribution in [1.29, 1.82) is 0 Å². The average Bonchev–Trinajstić information content (AvgIpc) is 3.03. The van der Waals surface area contributed by atoms with Crippen LogP contribution in [0.4, 0.5) is 11.4 Å². The molecule has 0 aliphatic rings. The predicted molar refractivity (Wildman–Crippen MR) is 178 cm³/mol. The second-order valence-electron chi connectivity index (χ2n) is 11.2. The fraction of sp³-hybridized carbons (Fsp3) is 0.250. The number of phenolic OH excluding ortho intramolecular Hbond substituents is 1. The molecule has 0 spiro atoms. The maximum atomic E-state index is 11.7. The van der Waals surface area contributed by atoms with Gasteiger partial charge in [-0.25, -0.2) is 0 Å². The molecule has 0 bridgehead atoms. The maximum absolute atomic E-state index is 11.7. The number of aromatic nitrogens is 1. The molecule has 0 saturated carbocycles. The number of benzene rings is 4. The molecule has 8 heteroatoms. The first-order valence-corrected chi connectivity index (χ1v) is 14.9. The molecule has 0 radical (unpaired) electrons. The lowest BCUT2D eigenvalue weighted by Crippen LogP contribution is -2.24. The van der Waals surface area contributed by atoms with E-state index < -0.39 is 6.10 Å². The normalized spacial score (nSPS) is 12.0. The van der Waals surface area contributed by atoms with Gasteiger partial charge < -0.3 is 35.9 Å². The van der Waals surface area contributed by atoms with Gasteiger partial charge >= 0.3 is 0 Å². The second kappa shape index (κ2) is 14.2. The van der Waals surface area contributed by atoms with E-state index in [-0.39, 0.29) is 11.3 Å². The van der Waals surface area contributed by atoms with Crippen LogP contribution in [0.5, 0.6) is 11.5 Å². The fourth-order valence-corrected chi connectivity index (χ4v) is 5.23. The average molecular weight is 593 g/mol. The van der Waals surface area contributed by atoms with Crippen LogP contribution in [0, 0.1) is 0 Å². The highest BCUT2D eigenvalue weighted by atomic mass is 16.5. The molecule has 5 aromatic rings. The van der Waals surface area contributed by atoms with Crippen LogP contribution < -0.4 is 26.2 Å². The van der Waals surface area contributed by atoms with Gasteiger partial charge in [0.15, 0.2) is 0 Å². The Labute approximate surface area is 257 Å². The molecule has 6 N–H and O–H groups in total. The van der Waals surface area contributed by atoms with Gasteiger partial charge in [-0.15, -0.1) is 0 Å². The Morgan fingerprint density at radius 2 is 1.68 bits per heavy atom. The molecule has 8 nitrogen and oxygen atoms in total. The molecule has 0 aliphatic carbocycles. The summed E-state index contributed by atoms with van der Waals surface area (Å²) in [5.74, 6) is 0.804. The zero-order valence-corrected chi connectivity index (χ0v) is 25.4. The molecule has 44 heavy (non-hydrogen) atoms. The van der Waals surface area contributed by atoms with Crippen LogP contribution in [0.15, 0.2) is 95.8 Å². The summed E-state index contributed by atoms with van der Waals surface area (Å²) < 4.78 is 5.69. The SMILES string of the molecule is COc1ccc(Nc2ccc(CCNC[C@H](O)c3ccc(O)c4[nH]c(=O)ccc34)cc2)cc1-c1cccc(CNC(C)C)c1. The number of hydrogen-bond acceptors (Lipinski definition) is 7. The molecule has 1 aromatic heterocycles. The Hall–Kier alpha value is -4.63. The summed E-state index contributed by atoms with van der Waals surface area (Å²) >= 11 is 0. The number of methoxy groups -OCH3 is 1. The number of nitrogens with one attached hydrogen (secondary N) is 4. The minimum absolute atomic E-state index is 0.0212. The number of rotatable bonds is 13. The number of fused-ring (bicyclic) bond motifs is 1. The number of aliphatic hydroxyl groups excluding tert-OH is 1. The standard InChI is InChI=1S/C36H40N4O4/c1-23(2)38-21-25-5-4-6-26(19-25)31-20-28(11-15-34(31)44-3)39-27-9-7-24(8-10-27)17-18-37-22-33(42)29-12-14-32(41)36-30(29)13-16-35(43)40-36/h4-16,19-20,23,33,37-39,41-42H,17-18,21-22H2,1-3H3,(H,40,43)/t33-/m0/s1. The van der Waals surface area contributed by atoms with Crippen molar-refractivity contribution in [2.75, 3.05) is 25.5 Å². The van der Waals surface area contributed by atoms with Crippen molar-refractivity contribution in [1.82, 2.24) is 15.6 Å². The summed E-state index contributed by atoms with van der Waals surface area (Å²) in [6, 6.07) is 29.6. The summed E-state index contributed by atoms with van der Waals surface area (Å²) in [5.41, 5.74) is 7.17. The van der Waals surface area contributed by atoms with Gasteiger partial charge in [0.05, 0.1) is 18.7 Å². The van der Waals surface area contributed by atoms with Crippen LogP contribution >= 0.6 is 0 Å². The van der Waals surface area contributed by atoms with Crippen molar-refractivity contribution in [3.63, 3.8) is 0 Å². The summed E-state index contributed by atoms with van der Waals surface area (Å²) in [5, 5.41) is 31.8. The molecule has 1 atom stereocenters. The molecule has 0 fully saturated rings. The summed E-state index contributed by atoms with van der Waals surface area (Å²) in [6.07, 6.45) is 0.00913. The Balaban J connectivity index is 1.17. The monoisotopic (exact) mass is 592 g/mol. The van der Waals surface area contributed by atoms with E-state index in [9.17, 15) is 15.0 Å². The Bertz CT molecular complexity index is 1770. The minimum Gasteiger partial charge on any atom is -0.506 e. The fourth-order valence-electron chi connectivity index (χ4n) is 5.23. The zero-order valence-electron chi connectivity index (χ0n) is 25.4. The molecule has 0 aliphatic heterocycles. The number of aromatic amines is 1. The van der Waals surface area contributed by atoms with Crippen molar-refractivity contribution < 1.29 is 14.9 Å². The van der Waals surface area contributed by atoms with Crippen molar-refractivity contribution in [2.45, 2.75) is 39.0 Å². The number of H-pyrrole nitrogens is 1. The molecule has 0 unspecified atom stereocenters. The van der Waals surface area contributed by atoms with Gasteiger partial charge in [-0.2, -0.15) is 0 Å². The number of ether oxygens (including phenoxy) is 1. The van der Waals surface area contributed by atoms with E-state index in [0.29, 0.717) is 35.6 Å². The Morgan fingerprint density at radius 1 is 0.886 bits per heavy atom. The van der Waals surface area contributed by atoms with E-state index in [1.165, 1.54) is 23.3 Å². The Morgan fingerprint density at radius 3 is 2.45 bits per heavy atom. The quantitative estimate of drug-likeness (QED) is 0.0926. The number of aromatic hydroxyl groups is 1. The molecular formula is C36H40N4O4. The predicted octanol–water partition coefficient (Wildman–Crippen LogP) is 6.02. The van der Waals surface area contributed by atoms with Crippen LogP contribution in [-0.2, 0) is 13.0 Å². The van der Waals surface area contributed by atoms with Gasteiger partial charge in [-0.05, 0) is 83.8 Å². The van der Waals surface area contributed by atoms with E-state index in [2.05, 4.69) is 89.4 Å². The summed E-state index contributed by atoms with van der Waals surface area (Å²) in [4.78, 5) is 14.3. The molecule has 228 valence electrons. The van der Waals surface area contributed by atoms with Crippen LogP contribution in [0.2, 0.25) is 0 Å². The first kappa shape index (κ1) is 30.8. The highest BCUT2D eigenvalue weighted by molar-refractivity contribution is 5.87. The molecule has 0 saturated heterocycles. The van der Waals surface area contributed by atoms with Gasteiger partial charge in [0.2, 0.25) is 5.56 Å². The number of pyridine rings is 1. The molecule has 1 heterocycles. The van der Waals surface area contributed by atoms with Crippen LogP contribution in [0.25, 0.3) is 22.0 Å². The highest BCUT2D eigenvalue weighted by Gasteiger charge is 2.14. The van der Waals surface area contributed by atoms with E-state index in [0.717, 1.165) is 41.2 Å². The van der Waals surface area contributed by atoms with Crippen LogP contribution in [0.3, 0.4) is 0 Å². The van der Waals surface area contributed by atoms with Crippen LogP contribution in [-0.4, -0.2) is 41.4 Å². The first-order valence-electron chi connectivity index (χ1n) is 14.9. The van der Waals surface area contributed by atoms with Gasteiger partial charge in [-0.1, -0.05) is 50.2 Å². The Kier molecular flexibility index (Phi) is 9.96. The molecule has 5 rings (SSSR count).